The number of hydrogen-bond acceptors (Lipinski definition) is 3. The maximum Gasteiger partial charge on any atom is 0.220 e. The van der Waals surface area contributed by atoms with Gasteiger partial charge >= 0.3 is 0 Å². The predicted octanol–water partition coefficient (Wildman–Crippen LogP) is 2.39. The van der Waals surface area contributed by atoms with Crippen molar-refractivity contribution in [3.05, 3.63) is 29.8 Å². The first-order valence-electron chi connectivity index (χ1n) is 6.66. The van der Waals surface area contributed by atoms with Crippen LogP contribution < -0.4 is 10.1 Å². The summed E-state index contributed by atoms with van der Waals surface area (Å²) in [5.74, 6) is 1.35. The Bertz CT molecular complexity index is 389. The van der Waals surface area contributed by atoms with Crippen LogP contribution in [-0.4, -0.2) is 38.7 Å². The topological polar surface area (TPSA) is 47.6 Å². The van der Waals surface area contributed by atoms with Crippen LogP contribution in [0.2, 0.25) is 0 Å². The van der Waals surface area contributed by atoms with Gasteiger partial charge in [-0.25, -0.2) is 0 Å². The molecule has 1 unspecified atom stereocenters. The molecule has 1 N–H and O–H groups in total. The number of benzene rings is 1. The number of hydrogen-bond donors (Lipinski definition) is 1. The van der Waals surface area contributed by atoms with Gasteiger partial charge in [-0.05, 0) is 30.5 Å². The van der Waals surface area contributed by atoms with Gasteiger partial charge < -0.3 is 14.8 Å². The van der Waals surface area contributed by atoms with Crippen LogP contribution in [0.4, 0.5) is 0 Å². The predicted molar refractivity (Wildman–Crippen MR) is 80.5 cm³/mol. The normalized spacial score (nSPS) is 11.9. The molecule has 1 aromatic rings. The highest BCUT2D eigenvalue weighted by Gasteiger charge is 2.11. The minimum atomic E-state index is -0.0131. The number of aryl methyl sites for hydroxylation is 1. The fourth-order valence-corrected chi connectivity index (χ4v) is 2.14. The lowest BCUT2D eigenvalue weighted by Gasteiger charge is -2.16. The number of rotatable bonds is 9. The van der Waals surface area contributed by atoms with Crippen molar-refractivity contribution < 1.29 is 14.3 Å². The fourth-order valence-electron chi connectivity index (χ4n) is 1.88. The maximum absolute atomic E-state index is 11.9. The van der Waals surface area contributed by atoms with Crippen molar-refractivity contribution in [2.24, 2.45) is 0 Å². The molecule has 0 radical (unpaired) electrons. The number of amides is 1. The van der Waals surface area contributed by atoms with E-state index in [9.17, 15) is 4.79 Å². The van der Waals surface area contributed by atoms with Crippen molar-refractivity contribution in [2.75, 3.05) is 26.7 Å². The van der Waals surface area contributed by atoms with Gasteiger partial charge in [0, 0.05) is 19.4 Å². The lowest BCUT2D eigenvalue weighted by atomic mass is 10.1. The van der Waals surface area contributed by atoms with Crippen LogP contribution in [-0.2, 0) is 16.0 Å². The summed E-state index contributed by atoms with van der Waals surface area (Å²) in [6.45, 7) is 0.487. The molecular weight excluding hydrogens is 278 g/mol. The van der Waals surface area contributed by atoms with E-state index in [4.69, 9.17) is 21.1 Å². The van der Waals surface area contributed by atoms with Crippen molar-refractivity contribution in [3.8, 4) is 5.75 Å². The van der Waals surface area contributed by atoms with Crippen LogP contribution in [0, 0.1) is 0 Å². The van der Waals surface area contributed by atoms with Gasteiger partial charge in [0.05, 0.1) is 19.8 Å². The average Bonchev–Trinajstić information content (AvgIpc) is 2.46. The van der Waals surface area contributed by atoms with Gasteiger partial charge in [0.2, 0.25) is 5.91 Å². The summed E-state index contributed by atoms with van der Waals surface area (Å²) in [6.07, 6.45) is 1.87. The van der Waals surface area contributed by atoms with E-state index >= 15 is 0 Å². The van der Waals surface area contributed by atoms with Crippen molar-refractivity contribution in [1.29, 1.82) is 0 Å². The highest BCUT2D eigenvalue weighted by atomic mass is 35.5. The van der Waals surface area contributed by atoms with E-state index in [2.05, 4.69) is 5.32 Å². The third-order valence-corrected chi connectivity index (χ3v) is 3.21. The molecule has 0 saturated heterocycles. The lowest BCUT2D eigenvalue weighted by molar-refractivity contribution is -0.122. The zero-order valence-corrected chi connectivity index (χ0v) is 12.8. The number of carbonyl (C=O) groups excluding carboxylic acids is 1. The molecule has 5 heteroatoms. The van der Waals surface area contributed by atoms with E-state index in [-0.39, 0.29) is 11.9 Å². The van der Waals surface area contributed by atoms with Crippen LogP contribution in [0.5, 0.6) is 5.75 Å². The molecule has 1 atom stereocenters. The first kappa shape index (κ1) is 16.8. The smallest absolute Gasteiger partial charge is 0.220 e. The molecule has 1 amide bonds. The zero-order valence-electron chi connectivity index (χ0n) is 12.0. The molecule has 0 aliphatic heterocycles. The van der Waals surface area contributed by atoms with Crippen LogP contribution in [0.25, 0.3) is 0 Å². The molecule has 0 aliphatic carbocycles. The first-order valence-corrected chi connectivity index (χ1v) is 7.20. The molecule has 0 saturated carbocycles. The SMILES string of the molecule is COCC(CCCl)NC(=O)CCc1ccc(OC)cc1. The van der Waals surface area contributed by atoms with Crippen LogP contribution in [0.3, 0.4) is 0 Å². The summed E-state index contributed by atoms with van der Waals surface area (Å²) in [5.41, 5.74) is 1.11. The van der Waals surface area contributed by atoms with E-state index in [0.717, 1.165) is 11.3 Å². The molecule has 0 bridgehead atoms. The maximum atomic E-state index is 11.9. The Kier molecular flexibility index (Phi) is 8.07. The lowest BCUT2D eigenvalue weighted by Crippen LogP contribution is -2.38. The number of carbonyl (C=O) groups is 1. The van der Waals surface area contributed by atoms with E-state index in [1.807, 2.05) is 24.3 Å². The zero-order chi connectivity index (χ0) is 14.8. The molecule has 0 heterocycles. The largest absolute Gasteiger partial charge is 0.497 e. The van der Waals surface area contributed by atoms with Crippen molar-refractivity contribution in [1.82, 2.24) is 5.32 Å². The third kappa shape index (κ3) is 6.26. The van der Waals surface area contributed by atoms with Crippen molar-refractivity contribution >= 4 is 17.5 Å². The molecule has 0 fully saturated rings. The fraction of sp³-hybridized carbons (Fsp3) is 0.533. The monoisotopic (exact) mass is 299 g/mol. The Labute approximate surface area is 125 Å². The van der Waals surface area contributed by atoms with Gasteiger partial charge in [-0.2, -0.15) is 0 Å². The summed E-state index contributed by atoms with van der Waals surface area (Å²) in [6, 6.07) is 7.72. The highest BCUT2D eigenvalue weighted by molar-refractivity contribution is 6.17. The van der Waals surface area contributed by atoms with Gasteiger partial charge in [0.15, 0.2) is 0 Å². The molecule has 4 nitrogen and oxygen atoms in total. The second kappa shape index (κ2) is 9.61. The number of halogens is 1. The van der Waals surface area contributed by atoms with E-state index < -0.39 is 0 Å². The summed E-state index contributed by atoms with van der Waals surface area (Å²) in [7, 11) is 3.25. The Morgan fingerprint density at radius 3 is 2.55 bits per heavy atom. The van der Waals surface area contributed by atoms with E-state index in [0.29, 0.717) is 31.7 Å². The standard InChI is InChI=1S/C15H22ClNO3/c1-19-11-13(9-10-16)17-15(18)8-5-12-3-6-14(20-2)7-4-12/h3-4,6-7,13H,5,8-11H2,1-2H3,(H,17,18). The molecular formula is C15H22ClNO3. The minimum absolute atomic E-state index is 0.0131. The Morgan fingerprint density at radius 2 is 2.00 bits per heavy atom. The molecule has 0 aromatic heterocycles. The molecule has 0 aliphatic rings. The summed E-state index contributed by atoms with van der Waals surface area (Å²) in [5, 5.41) is 2.94. The molecule has 0 spiro atoms. The molecule has 1 rings (SSSR count). The molecule has 1 aromatic carbocycles. The van der Waals surface area contributed by atoms with Gasteiger partial charge in [-0.3, -0.25) is 4.79 Å². The molecule has 20 heavy (non-hydrogen) atoms. The van der Waals surface area contributed by atoms with Crippen LogP contribution in [0.1, 0.15) is 18.4 Å². The number of methoxy groups -OCH3 is 2. The van der Waals surface area contributed by atoms with Gasteiger partial charge in [-0.15, -0.1) is 11.6 Å². The van der Waals surface area contributed by atoms with Gasteiger partial charge in [-0.1, -0.05) is 12.1 Å². The minimum Gasteiger partial charge on any atom is -0.497 e. The summed E-state index contributed by atoms with van der Waals surface area (Å²) < 4.78 is 10.2. The van der Waals surface area contributed by atoms with Gasteiger partial charge in [0.1, 0.15) is 5.75 Å². The van der Waals surface area contributed by atoms with E-state index in [1.54, 1.807) is 14.2 Å². The third-order valence-electron chi connectivity index (χ3n) is 2.99. The summed E-state index contributed by atoms with van der Waals surface area (Å²) in [4.78, 5) is 11.9. The van der Waals surface area contributed by atoms with Crippen LogP contribution in [0.15, 0.2) is 24.3 Å². The second-order valence-corrected chi connectivity index (χ2v) is 4.92. The summed E-state index contributed by atoms with van der Waals surface area (Å²) >= 11 is 5.70. The number of nitrogens with one attached hydrogen (secondary N) is 1. The van der Waals surface area contributed by atoms with E-state index in [1.165, 1.54) is 0 Å². The van der Waals surface area contributed by atoms with Crippen LogP contribution >= 0.6 is 11.6 Å². The number of ether oxygens (including phenoxy) is 2. The van der Waals surface area contributed by atoms with Crippen molar-refractivity contribution in [3.63, 3.8) is 0 Å². The highest BCUT2D eigenvalue weighted by Crippen LogP contribution is 2.12. The second-order valence-electron chi connectivity index (χ2n) is 4.55. The Balaban J connectivity index is 2.37. The van der Waals surface area contributed by atoms with Gasteiger partial charge in [0.25, 0.3) is 0 Å². The quantitative estimate of drug-likeness (QED) is 0.712. The molecule has 112 valence electrons. The first-order chi connectivity index (χ1) is 9.69. The Morgan fingerprint density at radius 1 is 1.30 bits per heavy atom. The van der Waals surface area contributed by atoms with Crippen molar-refractivity contribution in [2.45, 2.75) is 25.3 Å². The average molecular weight is 300 g/mol. The Hall–Kier alpha value is -1.26. The number of alkyl halides is 1.